The van der Waals surface area contributed by atoms with E-state index >= 15 is 0 Å². The number of morpholine rings is 1. The van der Waals surface area contributed by atoms with Crippen LogP contribution in [0.4, 0.5) is 0 Å². The summed E-state index contributed by atoms with van der Waals surface area (Å²) < 4.78 is 11.2. The number of hydrogen-bond donors (Lipinski definition) is 1. The minimum absolute atomic E-state index is 0.369. The molecule has 4 nitrogen and oxygen atoms in total. The molecular weight excluding hydrogens is 254 g/mol. The Morgan fingerprint density at radius 3 is 2.95 bits per heavy atom. The normalized spacial score (nSPS) is 20.6. The van der Waals surface area contributed by atoms with Gasteiger partial charge in [0.1, 0.15) is 18.5 Å². The number of ether oxygens (including phenoxy) is 2. The summed E-state index contributed by atoms with van der Waals surface area (Å²) in [6.45, 7) is 4.36. The molecule has 1 N–H and O–H groups in total. The summed E-state index contributed by atoms with van der Waals surface area (Å²) in [5.74, 6) is 0.959. The second kappa shape index (κ2) is 6.57. The van der Waals surface area contributed by atoms with Gasteiger partial charge in [-0.25, -0.2) is 0 Å². The molecule has 1 heterocycles. The predicted molar refractivity (Wildman–Crippen MR) is 77.2 cm³/mol. The molecular formula is C16H23NO3. The molecule has 1 saturated heterocycles. The number of rotatable bonds is 5. The maximum atomic E-state index is 10.1. The van der Waals surface area contributed by atoms with Crippen LogP contribution in [0, 0.1) is 0 Å². The highest BCUT2D eigenvalue weighted by Crippen LogP contribution is 2.30. The van der Waals surface area contributed by atoms with E-state index < -0.39 is 6.10 Å². The molecule has 20 heavy (non-hydrogen) atoms. The molecule has 1 aliphatic heterocycles. The Morgan fingerprint density at radius 2 is 2.10 bits per heavy atom. The van der Waals surface area contributed by atoms with Crippen LogP contribution in [-0.4, -0.2) is 55.6 Å². The largest absolute Gasteiger partial charge is 0.491 e. The number of aliphatic hydroxyl groups is 1. The van der Waals surface area contributed by atoms with Crippen molar-refractivity contribution in [1.82, 2.24) is 4.90 Å². The third-order valence-corrected chi connectivity index (χ3v) is 4.11. The van der Waals surface area contributed by atoms with Crippen LogP contribution >= 0.6 is 0 Å². The van der Waals surface area contributed by atoms with Gasteiger partial charge in [-0.2, -0.15) is 0 Å². The smallest absolute Gasteiger partial charge is 0.122 e. The van der Waals surface area contributed by atoms with Gasteiger partial charge in [0.05, 0.1) is 13.2 Å². The fourth-order valence-electron chi connectivity index (χ4n) is 3.04. The summed E-state index contributed by atoms with van der Waals surface area (Å²) in [6.07, 6.45) is 3.03. The van der Waals surface area contributed by atoms with Gasteiger partial charge in [-0.15, -0.1) is 0 Å². The van der Waals surface area contributed by atoms with Crippen LogP contribution in [0.5, 0.6) is 5.75 Å². The van der Waals surface area contributed by atoms with Gasteiger partial charge in [0, 0.05) is 19.6 Å². The Hall–Kier alpha value is -1.10. The zero-order valence-electron chi connectivity index (χ0n) is 11.9. The van der Waals surface area contributed by atoms with E-state index in [2.05, 4.69) is 11.0 Å². The molecule has 4 heteroatoms. The van der Waals surface area contributed by atoms with Gasteiger partial charge in [0.25, 0.3) is 0 Å². The van der Waals surface area contributed by atoms with Crippen molar-refractivity contribution < 1.29 is 14.6 Å². The number of β-amino-alcohol motifs (C(OH)–C–C–N with tert-alkyl or cyclic N) is 1. The third kappa shape index (κ3) is 3.32. The molecule has 1 aromatic rings. The Morgan fingerprint density at radius 1 is 1.25 bits per heavy atom. The minimum atomic E-state index is -0.439. The molecule has 1 unspecified atom stereocenters. The summed E-state index contributed by atoms with van der Waals surface area (Å²) in [5.41, 5.74) is 2.75. The second-order valence-corrected chi connectivity index (χ2v) is 5.63. The SMILES string of the molecule is OC(COc1cccc2c1CCC2)CN1CCOCC1. The number of fused-ring (bicyclic) bond motifs is 1. The van der Waals surface area contributed by atoms with Gasteiger partial charge in [0.2, 0.25) is 0 Å². The van der Waals surface area contributed by atoms with Crippen LogP contribution in [0.2, 0.25) is 0 Å². The van der Waals surface area contributed by atoms with Crippen molar-refractivity contribution in [1.29, 1.82) is 0 Å². The highest BCUT2D eigenvalue weighted by Gasteiger charge is 2.18. The first kappa shape index (κ1) is 13.9. The number of hydrogen-bond acceptors (Lipinski definition) is 4. The van der Waals surface area contributed by atoms with E-state index in [1.165, 1.54) is 17.5 Å². The Labute approximate surface area is 120 Å². The van der Waals surface area contributed by atoms with Crippen LogP contribution in [0.15, 0.2) is 18.2 Å². The number of aryl methyl sites for hydroxylation is 1. The molecule has 1 aromatic carbocycles. The molecule has 2 aliphatic rings. The molecule has 1 fully saturated rings. The van der Waals surface area contributed by atoms with E-state index in [-0.39, 0.29) is 0 Å². The van der Waals surface area contributed by atoms with Crippen molar-refractivity contribution in [3.05, 3.63) is 29.3 Å². The first-order chi connectivity index (χ1) is 9.83. The molecule has 0 amide bonds. The summed E-state index contributed by atoms with van der Waals surface area (Å²) in [4.78, 5) is 2.23. The maximum absolute atomic E-state index is 10.1. The van der Waals surface area contributed by atoms with Crippen molar-refractivity contribution in [2.45, 2.75) is 25.4 Å². The standard InChI is InChI=1S/C16H23NO3/c18-14(11-17-7-9-19-10-8-17)12-20-16-6-2-4-13-3-1-5-15(13)16/h2,4,6,14,18H,1,3,5,7-12H2. The first-order valence-corrected chi connectivity index (χ1v) is 7.54. The zero-order chi connectivity index (χ0) is 13.8. The first-order valence-electron chi connectivity index (χ1n) is 7.54. The van der Waals surface area contributed by atoms with Crippen molar-refractivity contribution in [2.24, 2.45) is 0 Å². The molecule has 0 spiro atoms. The van der Waals surface area contributed by atoms with Crippen LogP contribution in [0.1, 0.15) is 17.5 Å². The molecule has 0 saturated carbocycles. The highest BCUT2D eigenvalue weighted by molar-refractivity contribution is 5.43. The highest BCUT2D eigenvalue weighted by atomic mass is 16.5. The fourth-order valence-corrected chi connectivity index (χ4v) is 3.04. The Bertz CT molecular complexity index is 443. The lowest BCUT2D eigenvalue weighted by Gasteiger charge is -2.28. The summed E-state index contributed by atoms with van der Waals surface area (Å²) in [5, 5.41) is 10.1. The second-order valence-electron chi connectivity index (χ2n) is 5.63. The molecule has 1 atom stereocenters. The average Bonchev–Trinajstić information content (AvgIpc) is 2.95. The van der Waals surface area contributed by atoms with Gasteiger partial charge >= 0.3 is 0 Å². The lowest BCUT2D eigenvalue weighted by Crippen LogP contribution is -2.42. The topological polar surface area (TPSA) is 41.9 Å². The molecule has 1 aliphatic carbocycles. The van der Waals surface area contributed by atoms with Gasteiger partial charge in [-0.3, -0.25) is 4.90 Å². The van der Waals surface area contributed by atoms with Crippen LogP contribution in [-0.2, 0) is 17.6 Å². The van der Waals surface area contributed by atoms with E-state index in [0.29, 0.717) is 13.2 Å². The molecule has 0 aromatic heterocycles. The number of aliphatic hydroxyl groups excluding tert-OH is 1. The fraction of sp³-hybridized carbons (Fsp3) is 0.625. The van der Waals surface area contributed by atoms with Crippen LogP contribution in [0.25, 0.3) is 0 Å². The van der Waals surface area contributed by atoms with E-state index in [4.69, 9.17) is 9.47 Å². The third-order valence-electron chi connectivity index (χ3n) is 4.11. The minimum Gasteiger partial charge on any atom is -0.491 e. The Kier molecular flexibility index (Phi) is 4.55. The number of nitrogens with zero attached hydrogens (tertiary/aromatic N) is 1. The molecule has 0 radical (unpaired) electrons. The van der Waals surface area contributed by atoms with Crippen LogP contribution < -0.4 is 4.74 Å². The van der Waals surface area contributed by atoms with Gasteiger partial charge < -0.3 is 14.6 Å². The molecule has 3 rings (SSSR count). The van der Waals surface area contributed by atoms with Crippen molar-refractivity contribution in [3.63, 3.8) is 0 Å². The lowest BCUT2D eigenvalue weighted by atomic mass is 10.1. The zero-order valence-corrected chi connectivity index (χ0v) is 11.9. The summed E-state index contributed by atoms with van der Waals surface area (Å²) in [7, 11) is 0. The lowest BCUT2D eigenvalue weighted by molar-refractivity contribution is 0.00458. The monoisotopic (exact) mass is 277 g/mol. The van der Waals surface area contributed by atoms with Gasteiger partial charge in [-0.05, 0) is 36.5 Å². The maximum Gasteiger partial charge on any atom is 0.122 e. The average molecular weight is 277 g/mol. The summed E-state index contributed by atoms with van der Waals surface area (Å²) >= 11 is 0. The van der Waals surface area contributed by atoms with Gasteiger partial charge in [-0.1, -0.05) is 12.1 Å². The van der Waals surface area contributed by atoms with Gasteiger partial charge in [0.15, 0.2) is 0 Å². The Balaban J connectivity index is 1.50. The van der Waals surface area contributed by atoms with Crippen molar-refractivity contribution >= 4 is 0 Å². The van der Waals surface area contributed by atoms with E-state index in [1.54, 1.807) is 0 Å². The number of benzene rings is 1. The summed E-state index contributed by atoms with van der Waals surface area (Å²) in [6, 6.07) is 6.25. The van der Waals surface area contributed by atoms with Crippen LogP contribution in [0.3, 0.4) is 0 Å². The molecule has 0 bridgehead atoms. The van der Waals surface area contributed by atoms with Crippen molar-refractivity contribution in [2.75, 3.05) is 39.5 Å². The molecule has 110 valence electrons. The van der Waals surface area contributed by atoms with E-state index in [1.807, 2.05) is 12.1 Å². The predicted octanol–water partition coefficient (Wildman–Crippen LogP) is 1.25. The van der Waals surface area contributed by atoms with E-state index in [0.717, 1.165) is 44.9 Å². The van der Waals surface area contributed by atoms with E-state index in [9.17, 15) is 5.11 Å². The quantitative estimate of drug-likeness (QED) is 0.879. The van der Waals surface area contributed by atoms with Crippen molar-refractivity contribution in [3.8, 4) is 5.75 Å².